The number of carbonyl (C=O) groups is 6. The number of aliphatic hydroxyl groups is 1. The van der Waals surface area contributed by atoms with Gasteiger partial charge in [0.2, 0.25) is 0 Å². The van der Waals surface area contributed by atoms with Crippen LogP contribution in [-0.4, -0.2) is 77.6 Å². The molecule has 0 radical (unpaired) electrons. The second-order valence-electron chi connectivity index (χ2n) is 14.0. The maximum atomic E-state index is 14.6. The Morgan fingerprint density at radius 2 is 1.02 bits per heavy atom. The van der Waals surface area contributed by atoms with Gasteiger partial charge in [0.25, 0.3) is 0 Å². The van der Waals surface area contributed by atoms with Crippen LogP contribution < -0.4 is 0 Å². The van der Waals surface area contributed by atoms with Crippen molar-refractivity contribution in [2.45, 2.75) is 53.8 Å². The third kappa shape index (κ3) is 14.4. The number of halogens is 9. The van der Waals surface area contributed by atoms with E-state index in [1.54, 1.807) is 6.92 Å². The maximum absolute atomic E-state index is 14.6. The zero-order chi connectivity index (χ0) is 49.7. The van der Waals surface area contributed by atoms with Crippen molar-refractivity contribution in [1.29, 1.82) is 0 Å². The minimum Gasteiger partial charge on any atom is -0.469 e. The molecule has 0 aliphatic heterocycles. The SMILES string of the molecule is CCOC(=O)C(=O)Cl.CCOC(=O)C(=O)OC(c1c(-c2ccc(F)cc2F)cc(Cl)nc1Cl)C(C)(C)C(=O)OC.COC(=O)C(C)(C)C(O)c1c(-c2ccc(F)cc2F)cc(Cl)nc1Cl. The predicted molar refractivity (Wildman–Crippen MR) is 229 cm³/mol. The molecular weight excluding hydrogens is 978 g/mol. The summed E-state index contributed by atoms with van der Waals surface area (Å²) in [6.07, 6.45) is -3.07. The molecule has 2 unspecified atom stereocenters. The van der Waals surface area contributed by atoms with E-state index >= 15 is 0 Å². The van der Waals surface area contributed by atoms with E-state index in [0.29, 0.717) is 12.1 Å². The summed E-state index contributed by atoms with van der Waals surface area (Å²) in [5.41, 5.74) is -3.33. The van der Waals surface area contributed by atoms with Crippen LogP contribution in [0.1, 0.15) is 64.9 Å². The molecule has 0 saturated carbocycles. The van der Waals surface area contributed by atoms with Crippen LogP contribution in [0.3, 0.4) is 0 Å². The molecule has 352 valence electrons. The normalized spacial score (nSPS) is 11.9. The van der Waals surface area contributed by atoms with E-state index in [9.17, 15) is 51.4 Å². The lowest BCUT2D eigenvalue weighted by Gasteiger charge is -2.32. The molecule has 23 heteroatoms. The summed E-state index contributed by atoms with van der Waals surface area (Å²) < 4.78 is 79.2. The lowest BCUT2D eigenvalue weighted by Crippen LogP contribution is -2.37. The molecule has 2 aromatic carbocycles. The van der Waals surface area contributed by atoms with E-state index < -0.39 is 81.4 Å². The molecule has 2 heterocycles. The lowest BCUT2D eigenvalue weighted by atomic mass is 9.80. The molecule has 1 N–H and O–H groups in total. The van der Waals surface area contributed by atoms with Gasteiger partial charge in [-0.2, -0.15) is 0 Å². The highest BCUT2D eigenvalue weighted by Crippen LogP contribution is 2.46. The van der Waals surface area contributed by atoms with E-state index in [4.69, 9.17) is 72.2 Å². The summed E-state index contributed by atoms with van der Waals surface area (Å²) in [5, 5.41) is 8.94. The number of nitrogens with zero attached hydrogens (tertiary/aromatic N) is 2. The molecule has 65 heavy (non-hydrogen) atoms. The Bertz CT molecular complexity index is 2440. The Balaban J connectivity index is 0.000000390. The number of pyridine rings is 2. The Hall–Kier alpha value is -5.11. The third-order valence-corrected chi connectivity index (χ3v) is 9.92. The van der Waals surface area contributed by atoms with Gasteiger partial charge < -0.3 is 28.8 Å². The summed E-state index contributed by atoms with van der Waals surface area (Å²) in [5.74, 6) is -8.71. The Labute approximate surface area is 394 Å². The summed E-state index contributed by atoms with van der Waals surface area (Å²) in [4.78, 5) is 76.3. The van der Waals surface area contributed by atoms with Crippen molar-refractivity contribution in [2.24, 2.45) is 10.8 Å². The number of ether oxygens (including phenoxy) is 5. The molecule has 0 bridgehead atoms. The van der Waals surface area contributed by atoms with Gasteiger partial charge in [-0.15, -0.1) is 0 Å². The highest BCUT2D eigenvalue weighted by molar-refractivity contribution is 6.80. The van der Waals surface area contributed by atoms with E-state index in [1.807, 2.05) is 0 Å². The molecule has 0 spiro atoms. The molecule has 4 aromatic rings. The van der Waals surface area contributed by atoms with Crippen molar-refractivity contribution in [3.63, 3.8) is 0 Å². The van der Waals surface area contributed by atoms with Gasteiger partial charge in [-0.1, -0.05) is 46.4 Å². The molecule has 0 fully saturated rings. The fourth-order valence-corrected chi connectivity index (χ4v) is 6.68. The molecule has 0 amide bonds. The van der Waals surface area contributed by atoms with Crippen LogP contribution >= 0.6 is 58.0 Å². The number of benzene rings is 2. The summed E-state index contributed by atoms with van der Waals surface area (Å²) >= 11 is 29.0. The van der Waals surface area contributed by atoms with Gasteiger partial charge in [-0.05, 0) is 101 Å². The number of methoxy groups -OCH3 is 2. The number of rotatable bonds is 12. The minimum atomic E-state index is -1.64. The van der Waals surface area contributed by atoms with Crippen molar-refractivity contribution < 1.29 is 75.1 Å². The lowest BCUT2D eigenvalue weighted by molar-refractivity contribution is -0.179. The van der Waals surface area contributed by atoms with E-state index in [0.717, 1.165) is 25.3 Å². The molecular formula is C42H39Cl5F4N2O12. The van der Waals surface area contributed by atoms with Crippen LogP contribution in [-0.2, 0) is 52.5 Å². The van der Waals surface area contributed by atoms with Crippen molar-refractivity contribution in [3.8, 4) is 22.3 Å². The van der Waals surface area contributed by atoms with Crippen molar-refractivity contribution in [3.05, 3.63) is 104 Å². The Morgan fingerprint density at radius 3 is 1.40 bits per heavy atom. The first-order valence-electron chi connectivity index (χ1n) is 18.4. The molecule has 14 nitrogen and oxygen atoms in total. The van der Waals surface area contributed by atoms with Gasteiger partial charge in [-0.3, -0.25) is 14.4 Å². The molecule has 2 aromatic heterocycles. The Morgan fingerprint density at radius 1 is 0.615 bits per heavy atom. The smallest absolute Gasteiger partial charge is 0.418 e. The van der Waals surface area contributed by atoms with Crippen LogP contribution in [0.25, 0.3) is 22.3 Å². The highest BCUT2D eigenvalue weighted by Gasteiger charge is 2.46. The predicted octanol–water partition coefficient (Wildman–Crippen LogP) is 9.56. The summed E-state index contributed by atoms with van der Waals surface area (Å²) in [6, 6.07) is 8.18. The first-order valence-corrected chi connectivity index (χ1v) is 20.3. The fraction of sp³-hybridized carbons (Fsp3) is 0.333. The Kier molecular flexibility index (Phi) is 21.1. The summed E-state index contributed by atoms with van der Waals surface area (Å²) in [7, 11) is 2.29. The highest BCUT2D eigenvalue weighted by atomic mass is 35.5. The topological polar surface area (TPSA) is 195 Å². The first-order chi connectivity index (χ1) is 30.2. The number of carbonyl (C=O) groups excluding carboxylic acids is 6. The monoisotopic (exact) mass is 1010 g/mol. The standard InChI is InChI=1S/C21H19Cl2F2NO6.C17H15Cl2F2NO3.C4H5ClO3/c1-5-31-18(27)19(28)32-16(21(2,3)20(29)30-4)15-12(9-14(22)26-17(15)23)11-7-6-10(24)8-13(11)25;1-17(2,16(24)25-3)14(23)13-10(7-12(18)22-15(13)19)9-5-4-8(20)6-11(9)21;1-2-8-4(7)3(5)6/h6-9,16H,5H2,1-4H3;4-7,14,23H,1-3H3;2H2,1H3. The minimum absolute atomic E-state index is 0.00743. The zero-order valence-corrected chi connectivity index (χ0v) is 39.2. The first kappa shape index (κ1) is 56.0. The maximum Gasteiger partial charge on any atom is 0.418 e. The van der Waals surface area contributed by atoms with Gasteiger partial charge in [0.1, 0.15) is 55.4 Å². The van der Waals surface area contributed by atoms with Crippen LogP contribution in [0.2, 0.25) is 20.6 Å². The van der Waals surface area contributed by atoms with Crippen molar-refractivity contribution in [2.75, 3.05) is 27.4 Å². The summed E-state index contributed by atoms with van der Waals surface area (Å²) in [6.45, 7) is 8.76. The van der Waals surface area contributed by atoms with Crippen molar-refractivity contribution in [1.82, 2.24) is 9.97 Å². The second-order valence-corrected chi connectivity index (χ2v) is 15.8. The van der Waals surface area contributed by atoms with E-state index in [2.05, 4.69) is 19.4 Å². The molecule has 0 aliphatic rings. The number of esters is 5. The number of hydrogen-bond acceptors (Lipinski definition) is 14. The number of hydrogen-bond donors (Lipinski definition) is 1. The molecule has 2 atom stereocenters. The van der Waals surface area contributed by atoms with Gasteiger partial charge in [0.15, 0.2) is 0 Å². The number of aromatic nitrogens is 2. The number of aliphatic hydroxyl groups excluding tert-OH is 1. The van der Waals surface area contributed by atoms with Gasteiger partial charge in [0.05, 0.1) is 39.0 Å². The van der Waals surface area contributed by atoms with Crippen LogP contribution in [0.15, 0.2) is 48.5 Å². The van der Waals surface area contributed by atoms with Crippen LogP contribution in [0.4, 0.5) is 17.6 Å². The molecule has 0 aliphatic carbocycles. The average Bonchev–Trinajstić information content (AvgIpc) is 3.22. The third-order valence-electron chi connectivity index (χ3n) is 8.80. The van der Waals surface area contributed by atoms with Crippen LogP contribution in [0, 0.1) is 34.1 Å². The van der Waals surface area contributed by atoms with E-state index in [1.165, 1.54) is 59.9 Å². The largest absolute Gasteiger partial charge is 0.469 e. The second kappa shape index (κ2) is 24.4. The van der Waals surface area contributed by atoms with Gasteiger partial charge >= 0.3 is 35.1 Å². The quantitative estimate of drug-likeness (QED) is 0.0352. The molecule has 0 saturated heterocycles. The zero-order valence-electron chi connectivity index (χ0n) is 35.4. The molecule has 4 rings (SSSR count). The van der Waals surface area contributed by atoms with Gasteiger partial charge in [-0.25, -0.2) is 41.9 Å². The van der Waals surface area contributed by atoms with E-state index in [-0.39, 0.29) is 67.2 Å². The van der Waals surface area contributed by atoms with Crippen molar-refractivity contribution >= 4 is 93.1 Å². The van der Waals surface area contributed by atoms with Gasteiger partial charge in [0, 0.05) is 34.4 Å². The van der Waals surface area contributed by atoms with Crippen LogP contribution in [0.5, 0.6) is 0 Å². The average molecular weight is 1020 g/mol. The fourth-order valence-electron chi connectivity index (χ4n) is 5.57.